The number of methoxy groups -OCH3 is 1. The fourth-order valence-electron chi connectivity index (χ4n) is 2.42. The second-order valence-corrected chi connectivity index (χ2v) is 6.20. The number of hydrogen-bond acceptors (Lipinski definition) is 3. The summed E-state index contributed by atoms with van der Waals surface area (Å²) in [5.74, 6) is 0.561. The lowest BCUT2D eigenvalue weighted by Crippen LogP contribution is -2.33. The molecule has 0 radical (unpaired) electrons. The molecule has 0 heterocycles. The van der Waals surface area contributed by atoms with Crippen LogP contribution >= 0.6 is 0 Å². The van der Waals surface area contributed by atoms with E-state index < -0.39 is 0 Å². The molecule has 0 spiro atoms. The van der Waals surface area contributed by atoms with Crippen LogP contribution in [0, 0.1) is 12.8 Å². The highest BCUT2D eigenvalue weighted by atomic mass is 16.5. The number of ether oxygens (including phenoxy) is 1. The third kappa shape index (κ3) is 6.06. The molecule has 0 saturated carbocycles. The van der Waals surface area contributed by atoms with Gasteiger partial charge < -0.3 is 15.0 Å². The quantitative estimate of drug-likeness (QED) is 0.739. The third-order valence-corrected chi connectivity index (χ3v) is 3.98. The number of aryl methyl sites for hydroxylation is 1. The van der Waals surface area contributed by atoms with E-state index >= 15 is 0 Å². The summed E-state index contributed by atoms with van der Waals surface area (Å²) in [4.78, 5) is 14.5. The number of carbonyl (C=O) groups excluding carboxylic acids is 1. The average Bonchev–Trinajstić information content (AvgIpc) is 2.49. The van der Waals surface area contributed by atoms with Crippen molar-refractivity contribution in [3.8, 4) is 0 Å². The van der Waals surface area contributed by atoms with E-state index in [1.54, 1.807) is 7.11 Å². The summed E-state index contributed by atoms with van der Waals surface area (Å²) < 4.78 is 4.96. The van der Waals surface area contributed by atoms with Gasteiger partial charge in [0.2, 0.25) is 0 Å². The molecule has 4 nitrogen and oxygen atoms in total. The second-order valence-electron chi connectivity index (χ2n) is 6.20. The molecule has 4 heteroatoms. The average molecular weight is 318 g/mol. The van der Waals surface area contributed by atoms with Crippen LogP contribution in [0.4, 0.5) is 0 Å². The number of rotatable bonds is 8. The van der Waals surface area contributed by atoms with Crippen molar-refractivity contribution in [3.63, 3.8) is 0 Å². The second kappa shape index (κ2) is 9.36. The van der Waals surface area contributed by atoms with Gasteiger partial charge in [-0.1, -0.05) is 32.9 Å². The van der Waals surface area contributed by atoms with Gasteiger partial charge in [0.25, 0.3) is 5.91 Å². The van der Waals surface area contributed by atoms with E-state index in [1.807, 2.05) is 19.1 Å². The molecule has 0 fully saturated rings. The van der Waals surface area contributed by atoms with Crippen LogP contribution in [-0.2, 0) is 4.74 Å². The molecule has 1 aromatic rings. The van der Waals surface area contributed by atoms with Crippen molar-refractivity contribution in [2.75, 3.05) is 33.9 Å². The van der Waals surface area contributed by atoms with Gasteiger partial charge >= 0.3 is 0 Å². The highest BCUT2D eigenvalue weighted by Crippen LogP contribution is 2.04. The molecule has 0 aromatic heterocycles. The zero-order valence-corrected chi connectivity index (χ0v) is 15.1. The molecular weight excluding hydrogens is 288 g/mol. The molecule has 1 amide bonds. The summed E-state index contributed by atoms with van der Waals surface area (Å²) in [6.45, 7) is 12.5. The monoisotopic (exact) mass is 318 g/mol. The third-order valence-electron chi connectivity index (χ3n) is 3.98. The maximum Gasteiger partial charge on any atom is 0.251 e. The van der Waals surface area contributed by atoms with Gasteiger partial charge in [-0.2, -0.15) is 0 Å². The fourth-order valence-corrected chi connectivity index (χ4v) is 2.42. The van der Waals surface area contributed by atoms with Crippen LogP contribution in [0.3, 0.4) is 0 Å². The van der Waals surface area contributed by atoms with Crippen molar-refractivity contribution in [1.29, 1.82) is 0 Å². The highest BCUT2D eigenvalue weighted by Gasteiger charge is 2.09. The summed E-state index contributed by atoms with van der Waals surface area (Å²) in [6.07, 6.45) is 3.22. The first-order valence-corrected chi connectivity index (χ1v) is 8.17. The summed E-state index contributed by atoms with van der Waals surface area (Å²) in [7, 11) is 3.68. The Morgan fingerprint density at radius 1 is 1.48 bits per heavy atom. The summed E-state index contributed by atoms with van der Waals surface area (Å²) in [5, 5.41) is 4.79. The van der Waals surface area contributed by atoms with E-state index in [9.17, 15) is 4.79 Å². The summed E-state index contributed by atoms with van der Waals surface area (Å²) >= 11 is 0. The van der Waals surface area contributed by atoms with Crippen LogP contribution in [0.2, 0.25) is 0 Å². The van der Waals surface area contributed by atoms with Gasteiger partial charge in [-0.3, -0.25) is 4.79 Å². The lowest BCUT2D eigenvalue weighted by molar-refractivity contribution is 0.0936. The van der Waals surface area contributed by atoms with Crippen LogP contribution in [0.25, 0.3) is 12.8 Å². The minimum atomic E-state index is -0.0706. The van der Waals surface area contributed by atoms with Gasteiger partial charge in [0.05, 0.1) is 6.61 Å². The molecule has 0 aliphatic heterocycles. The molecule has 0 bridgehead atoms. The van der Waals surface area contributed by atoms with Gasteiger partial charge in [0.15, 0.2) is 0 Å². The fraction of sp³-hybridized carbons (Fsp3) is 0.526. The van der Waals surface area contributed by atoms with E-state index in [2.05, 4.69) is 43.9 Å². The molecule has 128 valence electrons. The van der Waals surface area contributed by atoms with E-state index in [1.165, 1.54) is 0 Å². The normalized spacial score (nSPS) is 13.0. The predicted octanol–water partition coefficient (Wildman–Crippen LogP) is 1.50. The van der Waals surface area contributed by atoms with Crippen molar-refractivity contribution < 1.29 is 9.53 Å². The van der Waals surface area contributed by atoms with Gasteiger partial charge in [0, 0.05) is 39.0 Å². The molecule has 1 atom stereocenters. The minimum Gasteiger partial charge on any atom is -0.383 e. The van der Waals surface area contributed by atoms with Gasteiger partial charge in [-0.25, -0.2) is 0 Å². The SMILES string of the molecule is C=c1cc(C)c(C(=O)NCCOC)c/c1=C/N(C)CC(C)CC. The maximum atomic E-state index is 12.3. The smallest absolute Gasteiger partial charge is 0.251 e. The van der Waals surface area contributed by atoms with Crippen LogP contribution < -0.4 is 15.8 Å². The Bertz CT molecular complexity index is 625. The molecule has 0 saturated heterocycles. The van der Waals surface area contributed by atoms with E-state index in [0.29, 0.717) is 24.6 Å². The Morgan fingerprint density at radius 3 is 2.78 bits per heavy atom. The Kier molecular flexibility index (Phi) is 7.83. The first-order chi connectivity index (χ1) is 10.9. The molecule has 1 rings (SSSR count). The molecule has 1 unspecified atom stereocenters. The van der Waals surface area contributed by atoms with Crippen LogP contribution in [-0.4, -0.2) is 44.7 Å². The van der Waals surface area contributed by atoms with Crippen molar-refractivity contribution >= 4 is 18.7 Å². The Hall–Kier alpha value is -1.81. The molecular formula is C19H30N2O2. The van der Waals surface area contributed by atoms with Crippen LogP contribution in [0.15, 0.2) is 12.1 Å². The molecule has 1 N–H and O–H groups in total. The Balaban J connectivity index is 3.03. The topological polar surface area (TPSA) is 41.6 Å². The molecule has 1 aromatic carbocycles. The number of hydrogen-bond donors (Lipinski definition) is 1. The lowest BCUT2D eigenvalue weighted by Gasteiger charge is -2.18. The number of nitrogens with one attached hydrogen (secondary N) is 1. The Morgan fingerprint density at radius 2 is 2.17 bits per heavy atom. The number of benzene rings is 1. The summed E-state index contributed by atoms with van der Waals surface area (Å²) in [5.41, 5.74) is 1.63. The van der Waals surface area contributed by atoms with Gasteiger partial charge in [-0.15, -0.1) is 0 Å². The predicted molar refractivity (Wildman–Crippen MR) is 96.7 cm³/mol. The zero-order valence-electron chi connectivity index (χ0n) is 15.1. The van der Waals surface area contributed by atoms with E-state index in [4.69, 9.17) is 4.74 Å². The number of carbonyl (C=O) groups is 1. The van der Waals surface area contributed by atoms with E-state index in [-0.39, 0.29) is 5.91 Å². The maximum absolute atomic E-state index is 12.3. The van der Waals surface area contributed by atoms with Crippen molar-refractivity contribution in [3.05, 3.63) is 33.7 Å². The van der Waals surface area contributed by atoms with Crippen molar-refractivity contribution in [1.82, 2.24) is 10.2 Å². The first-order valence-electron chi connectivity index (χ1n) is 8.17. The lowest BCUT2D eigenvalue weighted by atomic mass is 10.1. The largest absolute Gasteiger partial charge is 0.383 e. The van der Waals surface area contributed by atoms with Crippen LogP contribution in [0.5, 0.6) is 0 Å². The molecule has 0 aliphatic carbocycles. The minimum absolute atomic E-state index is 0.0706. The van der Waals surface area contributed by atoms with Gasteiger partial charge in [0.1, 0.15) is 0 Å². The summed E-state index contributed by atoms with van der Waals surface area (Å²) in [6, 6.07) is 3.89. The number of nitrogens with zero attached hydrogens (tertiary/aromatic N) is 1. The molecule has 23 heavy (non-hydrogen) atoms. The number of amides is 1. The van der Waals surface area contributed by atoms with E-state index in [0.717, 1.165) is 29.0 Å². The zero-order chi connectivity index (χ0) is 17.4. The molecule has 0 aliphatic rings. The first kappa shape index (κ1) is 19.2. The van der Waals surface area contributed by atoms with Crippen LogP contribution in [0.1, 0.15) is 36.2 Å². The highest BCUT2D eigenvalue weighted by molar-refractivity contribution is 5.95. The van der Waals surface area contributed by atoms with Crippen molar-refractivity contribution in [2.45, 2.75) is 27.2 Å². The Labute approximate surface area is 139 Å². The van der Waals surface area contributed by atoms with Gasteiger partial charge in [-0.05, 0) is 34.9 Å². The van der Waals surface area contributed by atoms with Crippen molar-refractivity contribution in [2.24, 2.45) is 5.92 Å². The standard InChI is InChI=1S/C19H30N2O2/c1-7-14(2)12-21(5)13-17-11-18(16(4)10-15(17)3)19(22)20-8-9-23-6/h10-11,13-14H,3,7-9,12H2,1-2,4-6H3,(H,20,22)/b17-13-.